The van der Waals surface area contributed by atoms with E-state index in [9.17, 15) is 20.1 Å². The molecule has 0 saturated carbocycles. The Bertz CT molecular complexity index is 959. The van der Waals surface area contributed by atoms with Gasteiger partial charge in [0.2, 0.25) is 0 Å². The zero-order chi connectivity index (χ0) is 17.3. The van der Waals surface area contributed by atoms with E-state index in [0.717, 1.165) is 6.07 Å². The molecular formula is C17H14N2O5. The summed E-state index contributed by atoms with van der Waals surface area (Å²) in [6, 6.07) is 8.78. The van der Waals surface area contributed by atoms with Gasteiger partial charge in [0.15, 0.2) is 5.76 Å². The Labute approximate surface area is 136 Å². The Balaban J connectivity index is 1.82. The highest BCUT2D eigenvalue weighted by Crippen LogP contribution is 2.32. The number of nitrogens with one attached hydrogen (secondary N) is 1. The van der Waals surface area contributed by atoms with Crippen molar-refractivity contribution in [3.63, 3.8) is 0 Å². The molecule has 0 atom stereocenters. The summed E-state index contributed by atoms with van der Waals surface area (Å²) in [5.74, 6) is -0.759. The van der Waals surface area contributed by atoms with Crippen molar-refractivity contribution in [2.24, 2.45) is 5.10 Å². The molecule has 0 bridgehead atoms. The molecule has 0 radical (unpaired) electrons. The predicted molar refractivity (Wildman–Crippen MR) is 87.4 cm³/mol. The molecule has 0 aliphatic carbocycles. The predicted octanol–water partition coefficient (Wildman–Crippen LogP) is 2.62. The van der Waals surface area contributed by atoms with E-state index in [0.29, 0.717) is 22.1 Å². The maximum absolute atomic E-state index is 12.2. The number of aromatic hydroxyl groups is 3. The number of phenols is 3. The number of benzene rings is 2. The van der Waals surface area contributed by atoms with Gasteiger partial charge in [0.05, 0.1) is 11.6 Å². The zero-order valence-corrected chi connectivity index (χ0v) is 12.6. The van der Waals surface area contributed by atoms with E-state index in [2.05, 4.69) is 10.5 Å². The largest absolute Gasteiger partial charge is 0.508 e. The summed E-state index contributed by atoms with van der Waals surface area (Å²) in [7, 11) is 0. The van der Waals surface area contributed by atoms with E-state index in [-0.39, 0.29) is 23.0 Å². The quantitative estimate of drug-likeness (QED) is 0.436. The number of furan rings is 1. The number of hydrogen-bond acceptors (Lipinski definition) is 6. The lowest BCUT2D eigenvalue weighted by molar-refractivity contribution is 0.0928. The molecule has 0 fully saturated rings. The van der Waals surface area contributed by atoms with Gasteiger partial charge in [-0.05, 0) is 31.2 Å². The Morgan fingerprint density at radius 2 is 1.96 bits per heavy atom. The van der Waals surface area contributed by atoms with E-state index in [1.807, 2.05) is 0 Å². The summed E-state index contributed by atoms with van der Waals surface area (Å²) in [6.07, 6.45) is 1.24. The summed E-state index contributed by atoms with van der Waals surface area (Å²) in [6.45, 7) is 1.66. The smallest absolute Gasteiger partial charge is 0.307 e. The van der Waals surface area contributed by atoms with Gasteiger partial charge in [-0.25, -0.2) is 5.43 Å². The van der Waals surface area contributed by atoms with Crippen LogP contribution >= 0.6 is 0 Å². The molecule has 7 heteroatoms. The molecule has 1 amide bonds. The van der Waals surface area contributed by atoms with Crippen molar-refractivity contribution in [2.45, 2.75) is 6.92 Å². The summed E-state index contributed by atoms with van der Waals surface area (Å²) in [5.41, 5.74) is 3.52. The number of fused-ring (bicyclic) bond motifs is 1. The maximum atomic E-state index is 12.2. The molecule has 3 aromatic rings. The number of amides is 1. The Kier molecular flexibility index (Phi) is 3.83. The van der Waals surface area contributed by atoms with Crippen molar-refractivity contribution in [3.8, 4) is 17.2 Å². The van der Waals surface area contributed by atoms with Crippen LogP contribution in [0.3, 0.4) is 0 Å². The first kappa shape index (κ1) is 15.4. The molecule has 4 N–H and O–H groups in total. The van der Waals surface area contributed by atoms with Gasteiger partial charge in [-0.1, -0.05) is 6.07 Å². The van der Waals surface area contributed by atoms with Gasteiger partial charge in [0.1, 0.15) is 22.8 Å². The first-order valence-electron chi connectivity index (χ1n) is 7.04. The average Bonchev–Trinajstić information content (AvgIpc) is 2.88. The maximum Gasteiger partial charge on any atom is 0.307 e. The zero-order valence-electron chi connectivity index (χ0n) is 12.6. The van der Waals surface area contributed by atoms with Gasteiger partial charge in [-0.3, -0.25) is 4.79 Å². The Morgan fingerprint density at radius 1 is 1.17 bits per heavy atom. The molecule has 1 aromatic heterocycles. The lowest BCUT2D eigenvalue weighted by Crippen LogP contribution is -2.17. The first-order valence-corrected chi connectivity index (χ1v) is 7.04. The molecule has 24 heavy (non-hydrogen) atoms. The van der Waals surface area contributed by atoms with Gasteiger partial charge in [0, 0.05) is 17.2 Å². The Hall–Kier alpha value is -3.48. The Morgan fingerprint density at radius 3 is 2.67 bits per heavy atom. The molecule has 0 aliphatic heterocycles. The van der Waals surface area contributed by atoms with Gasteiger partial charge < -0.3 is 19.7 Å². The minimum absolute atomic E-state index is 0.0327. The van der Waals surface area contributed by atoms with Crippen LogP contribution in [0.4, 0.5) is 0 Å². The van der Waals surface area contributed by atoms with Crippen LogP contribution in [0.5, 0.6) is 17.2 Å². The fourth-order valence-electron chi connectivity index (χ4n) is 2.35. The second-order valence-corrected chi connectivity index (χ2v) is 5.15. The number of rotatable bonds is 3. The van der Waals surface area contributed by atoms with Crippen LogP contribution in [-0.2, 0) is 0 Å². The van der Waals surface area contributed by atoms with E-state index >= 15 is 0 Å². The van der Waals surface area contributed by atoms with Crippen LogP contribution in [-0.4, -0.2) is 27.4 Å². The van der Waals surface area contributed by atoms with Crippen molar-refractivity contribution < 1.29 is 24.5 Å². The second-order valence-electron chi connectivity index (χ2n) is 5.15. The first-order chi connectivity index (χ1) is 11.5. The molecule has 7 nitrogen and oxygen atoms in total. The van der Waals surface area contributed by atoms with E-state index in [4.69, 9.17) is 4.42 Å². The van der Waals surface area contributed by atoms with E-state index in [1.165, 1.54) is 24.4 Å². The van der Waals surface area contributed by atoms with E-state index < -0.39 is 5.91 Å². The van der Waals surface area contributed by atoms with Crippen LogP contribution in [0.2, 0.25) is 0 Å². The van der Waals surface area contributed by atoms with E-state index in [1.54, 1.807) is 19.1 Å². The summed E-state index contributed by atoms with van der Waals surface area (Å²) >= 11 is 0. The van der Waals surface area contributed by atoms with Crippen molar-refractivity contribution in [3.05, 3.63) is 53.3 Å². The molecule has 122 valence electrons. The van der Waals surface area contributed by atoms with Crippen LogP contribution in [0, 0.1) is 6.92 Å². The van der Waals surface area contributed by atoms with Crippen molar-refractivity contribution in [1.82, 2.24) is 5.43 Å². The van der Waals surface area contributed by atoms with Gasteiger partial charge in [-0.15, -0.1) is 0 Å². The number of phenolic OH excluding ortho intramolecular Hbond substituents is 3. The van der Waals surface area contributed by atoms with Crippen LogP contribution in [0.1, 0.15) is 21.7 Å². The third-order valence-electron chi connectivity index (χ3n) is 3.52. The lowest BCUT2D eigenvalue weighted by Gasteiger charge is -2.00. The number of aryl methyl sites for hydroxylation is 1. The topological polar surface area (TPSA) is 115 Å². The lowest BCUT2D eigenvalue weighted by atomic mass is 10.1. The van der Waals surface area contributed by atoms with Crippen molar-refractivity contribution >= 4 is 23.1 Å². The minimum Gasteiger partial charge on any atom is -0.508 e. The fraction of sp³-hybridized carbons (Fsp3) is 0.0588. The normalized spacial score (nSPS) is 11.2. The van der Waals surface area contributed by atoms with Gasteiger partial charge in [0.25, 0.3) is 0 Å². The van der Waals surface area contributed by atoms with Crippen molar-refractivity contribution in [2.75, 3.05) is 0 Å². The molecule has 0 aliphatic rings. The average molecular weight is 326 g/mol. The summed E-state index contributed by atoms with van der Waals surface area (Å²) in [4.78, 5) is 12.2. The molecule has 2 aromatic carbocycles. The highest BCUT2D eigenvalue weighted by atomic mass is 16.3. The van der Waals surface area contributed by atoms with Crippen LogP contribution in [0.25, 0.3) is 11.0 Å². The molecule has 0 spiro atoms. The standard InChI is InChI=1S/C17H14N2O5/c1-9-15-12(21)3-2-4-14(15)24-16(9)17(23)19-18-8-10-5-6-11(20)7-13(10)22/h2-8,20-22H,1H3,(H,19,23). The number of carbonyl (C=O) groups excluding carboxylic acids is 1. The number of hydrogen-bond donors (Lipinski definition) is 4. The van der Waals surface area contributed by atoms with Gasteiger partial charge in [-0.2, -0.15) is 5.10 Å². The minimum atomic E-state index is -0.586. The van der Waals surface area contributed by atoms with Crippen LogP contribution in [0.15, 0.2) is 45.9 Å². The molecule has 3 rings (SSSR count). The SMILES string of the molecule is Cc1c(C(=O)NN=Cc2ccc(O)cc2O)oc2cccc(O)c12. The number of hydrazone groups is 1. The second kappa shape index (κ2) is 5.96. The molecule has 0 unspecified atom stereocenters. The van der Waals surface area contributed by atoms with Gasteiger partial charge >= 0.3 is 5.91 Å². The summed E-state index contributed by atoms with van der Waals surface area (Å²) in [5, 5.41) is 32.9. The summed E-state index contributed by atoms with van der Waals surface area (Å²) < 4.78 is 5.46. The monoisotopic (exact) mass is 326 g/mol. The third-order valence-corrected chi connectivity index (χ3v) is 3.52. The molecular weight excluding hydrogens is 312 g/mol. The van der Waals surface area contributed by atoms with Crippen LogP contribution < -0.4 is 5.43 Å². The highest BCUT2D eigenvalue weighted by Gasteiger charge is 2.19. The number of carbonyl (C=O) groups is 1. The molecule has 1 heterocycles. The third kappa shape index (κ3) is 2.74. The fourth-order valence-corrected chi connectivity index (χ4v) is 2.35. The van der Waals surface area contributed by atoms with Crippen molar-refractivity contribution in [1.29, 1.82) is 0 Å². The highest BCUT2D eigenvalue weighted by molar-refractivity contribution is 6.01. The number of nitrogens with zero attached hydrogens (tertiary/aromatic N) is 1. The molecule has 0 saturated heterocycles.